The van der Waals surface area contributed by atoms with Crippen LogP contribution in [0.4, 0.5) is 0 Å². The molecule has 0 fully saturated rings. The molecule has 0 amide bonds. The van der Waals surface area contributed by atoms with Crippen molar-refractivity contribution >= 4 is 23.4 Å². The highest BCUT2D eigenvalue weighted by atomic mass is 35.5. The fourth-order valence-electron chi connectivity index (χ4n) is 1.51. The van der Waals surface area contributed by atoms with Crippen LogP contribution in [0.3, 0.4) is 0 Å². The Bertz CT molecular complexity index is 360. The van der Waals surface area contributed by atoms with Crippen LogP contribution >= 0.6 is 23.4 Å². The number of aliphatic hydroxyl groups excluding tert-OH is 1. The molecular formula is C14H22ClNOS. The summed E-state index contributed by atoms with van der Waals surface area (Å²) in [6, 6.07) is 6.02. The maximum absolute atomic E-state index is 9.05. The molecule has 1 atom stereocenters. The molecule has 102 valence electrons. The fourth-order valence-corrected chi connectivity index (χ4v) is 2.76. The lowest BCUT2D eigenvalue weighted by atomic mass is 10.2. The Morgan fingerprint density at radius 3 is 2.89 bits per heavy atom. The molecule has 0 bridgehead atoms. The number of nitrogens with one attached hydrogen (secondary N) is 1. The highest BCUT2D eigenvalue weighted by Gasteiger charge is 2.07. The predicted octanol–water partition coefficient (Wildman–Crippen LogP) is 3.56. The van der Waals surface area contributed by atoms with E-state index in [-0.39, 0.29) is 6.61 Å². The van der Waals surface area contributed by atoms with Crippen LogP contribution in [0.2, 0.25) is 5.02 Å². The van der Waals surface area contributed by atoms with E-state index in [4.69, 9.17) is 16.7 Å². The van der Waals surface area contributed by atoms with Crippen molar-refractivity contribution in [1.29, 1.82) is 0 Å². The highest BCUT2D eigenvalue weighted by Crippen LogP contribution is 2.27. The summed E-state index contributed by atoms with van der Waals surface area (Å²) in [4.78, 5) is 1.25. The SMILES string of the molecule is CCCNCc1cc(Cl)ccc1SCC(C)CO. The van der Waals surface area contributed by atoms with Gasteiger partial charge in [0.1, 0.15) is 0 Å². The first-order chi connectivity index (χ1) is 8.67. The summed E-state index contributed by atoms with van der Waals surface area (Å²) >= 11 is 7.83. The Balaban J connectivity index is 2.63. The number of aliphatic hydroxyl groups is 1. The van der Waals surface area contributed by atoms with Crippen molar-refractivity contribution in [2.75, 3.05) is 18.9 Å². The van der Waals surface area contributed by atoms with E-state index in [9.17, 15) is 0 Å². The Morgan fingerprint density at radius 2 is 2.22 bits per heavy atom. The monoisotopic (exact) mass is 287 g/mol. The van der Waals surface area contributed by atoms with Crippen LogP contribution in [0.15, 0.2) is 23.1 Å². The predicted molar refractivity (Wildman–Crippen MR) is 80.4 cm³/mol. The molecule has 0 radical (unpaired) electrons. The van der Waals surface area contributed by atoms with Crippen LogP contribution in [-0.2, 0) is 6.54 Å². The summed E-state index contributed by atoms with van der Waals surface area (Å²) in [5.41, 5.74) is 1.24. The third-order valence-electron chi connectivity index (χ3n) is 2.60. The second-order valence-electron chi connectivity index (χ2n) is 4.53. The third kappa shape index (κ3) is 5.61. The van der Waals surface area contributed by atoms with Gasteiger partial charge in [-0.25, -0.2) is 0 Å². The van der Waals surface area contributed by atoms with Crippen molar-refractivity contribution in [3.63, 3.8) is 0 Å². The molecule has 4 heteroatoms. The number of benzene rings is 1. The van der Waals surface area contributed by atoms with E-state index in [1.54, 1.807) is 11.8 Å². The van der Waals surface area contributed by atoms with Gasteiger partial charge in [0, 0.05) is 28.8 Å². The van der Waals surface area contributed by atoms with Crippen LogP contribution in [0.1, 0.15) is 25.8 Å². The zero-order valence-corrected chi connectivity index (χ0v) is 12.7. The summed E-state index contributed by atoms with van der Waals surface area (Å²) in [7, 11) is 0. The third-order valence-corrected chi connectivity index (χ3v) is 4.28. The quantitative estimate of drug-likeness (QED) is 0.566. The van der Waals surface area contributed by atoms with Crippen molar-refractivity contribution in [3.8, 4) is 0 Å². The van der Waals surface area contributed by atoms with E-state index in [1.807, 2.05) is 12.1 Å². The standard InChI is InChI=1S/C14H22ClNOS/c1-3-6-16-8-12-7-13(15)4-5-14(12)18-10-11(2)9-17/h4-5,7,11,16-17H,3,6,8-10H2,1-2H3. The number of rotatable bonds is 8. The number of thioether (sulfide) groups is 1. The van der Waals surface area contributed by atoms with Crippen LogP contribution in [0.25, 0.3) is 0 Å². The molecule has 0 aliphatic rings. The minimum atomic E-state index is 0.240. The van der Waals surface area contributed by atoms with Crippen molar-refractivity contribution in [2.45, 2.75) is 31.7 Å². The normalized spacial score (nSPS) is 12.7. The molecular weight excluding hydrogens is 266 g/mol. The molecule has 2 N–H and O–H groups in total. The van der Waals surface area contributed by atoms with Gasteiger partial charge in [0.2, 0.25) is 0 Å². The molecule has 0 saturated carbocycles. The Hall–Kier alpha value is -0.220. The molecule has 1 rings (SSSR count). The Morgan fingerprint density at radius 1 is 1.44 bits per heavy atom. The molecule has 0 aliphatic carbocycles. The second kappa shape index (κ2) is 8.81. The summed E-state index contributed by atoms with van der Waals surface area (Å²) in [6.07, 6.45) is 1.13. The molecule has 0 spiro atoms. The summed E-state index contributed by atoms with van der Waals surface area (Å²) in [5, 5.41) is 13.2. The summed E-state index contributed by atoms with van der Waals surface area (Å²) in [6.45, 7) is 6.32. The second-order valence-corrected chi connectivity index (χ2v) is 6.03. The van der Waals surface area contributed by atoms with Crippen molar-refractivity contribution in [2.24, 2.45) is 5.92 Å². The van der Waals surface area contributed by atoms with Gasteiger partial charge in [-0.05, 0) is 42.6 Å². The lowest BCUT2D eigenvalue weighted by Gasteiger charge is -2.12. The number of hydrogen-bond donors (Lipinski definition) is 2. The largest absolute Gasteiger partial charge is 0.396 e. The Kier molecular flexibility index (Phi) is 7.75. The smallest absolute Gasteiger partial charge is 0.0464 e. The maximum Gasteiger partial charge on any atom is 0.0464 e. The van der Waals surface area contributed by atoms with E-state index in [1.165, 1.54) is 10.5 Å². The van der Waals surface area contributed by atoms with E-state index >= 15 is 0 Å². The van der Waals surface area contributed by atoms with Gasteiger partial charge >= 0.3 is 0 Å². The Labute approximate surface area is 119 Å². The first-order valence-electron chi connectivity index (χ1n) is 6.40. The van der Waals surface area contributed by atoms with Crippen LogP contribution in [0.5, 0.6) is 0 Å². The van der Waals surface area contributed by atoms with Crippen LogP contribution in [-0.4, -0.2) is 24.0 Å². The highest BCUT2D eigenvalue weighted by molar-refractivity contribution is 7.99. The minimum Gasteiger partial charge on any atom is -0.396 e. The maximum atomic E-state index is 9.05. The van der Waals surface area contributed by atoms with E-state index < -0.39 is 0 Å². The van der Waals surface area contributed by atoms with Gasteiger partial charge in [-0.3, -0.25) is 0 Å². The average Bonchev–Trinajstić information content (AvgIpc) is 2.37. The van der Waals surface area contributed by atoms with Crippen molar-refractivity contribution in [3.05, 3.63) is 28.8 Å². The summed E-state index contributed by atoms with van der Waals surface area (Å²) in [5.74, 6) is 1.25. The average molecular weight is 288 g/mol. The topological polar surface area (TPSA) is 32.3 Å². The van der Waals surface area contributed by atoms with Gasteiger partial charge in [-0.1, -0.05) is 25.4 Å². The van der Waals surface area contributed by atoms with Gasteiger partial charge < -0.3 is 10.4 Å². The minimum absolute atomic E-state index is 0.240. The van der Waals surface area contributed by atoms with Crippen LogP contribution in [0, 0.1) is 5.92 Å². The molecule has 2 nitrogen and oxygen atoms in total. The molecule has 0 aromatic heterocycles. The lowest BCUT2D eigenvalue weighted by molar-refractivity contribution is 0.250. The molecule has 18 heavy (non-hydrogen) atoms. The van der Waals surface area contributed by atoms with Gasteiger partial charge in [0.25, 0.3) is 0 Å². The molecule has 0 saturated heterocycles. The van der Waals surface area contributed by atoms with Crippen LogP contribution < -0.4 is 5.32 Å². The van der Waals surface area contributed by atoms with Gasteiger partial charge in [0.05, 0.1) is 0 Å². The summed E-state index contributed by atoms with van der Waals surface area (Å²) < 4.78 is 0. The molecule has 0 aliphatic heterocycles. The number of hydrogen-bond acceptors (Lipinski definition) is 3. The number of halogens is 1. The van der Waals surface area contributed by atoms with Gasteiger partial charge in [-0.2, -0.15) is 0 Å². The lowest BCUT2D eigenvalue weighted by Crippen LogP contribution is -2.14. The fraction of sp³-hybridized carbons (Fsp3) is 0.571. The first kappa shape index (κ1) is 15.8. The van der Waals surface area contributed by atoms with Gasteiger partial charge in [-0.15, -0.1) is 11.8 Å². The molecule has 0 heterocycles. The van der Waals surface area contributed by atoms with E-state index in [0.29, 0.717) is 5.92 Å². The molecule has 1 aromatic carbocycles. The van der Waals surface area contributed by atoms with Crippen molar-refractivity contribution < 1.29 is 5.11 Å². The molecule has 1 aromatic rings. The molecule has 1 unspecified atom stereocenters. The zero-order chi connectivity index (χ0) is 13.4. The van der Waals surface area contributed by atoms with E-state index in [2.05, 4.69) is 25.2 Å². The van der Waals surface area contributed by atoms with Gasteiger partial charge in [0.15, 0.2) is 0 Å². The van der Waals surface area contributed by atoms with Crippen molar-refractivity contribution in [1.82, 2.24) is 5.32 Å². The zero-order valence-electron chi connectivity index (χ0n) is 11.1. The first-order valence-corrected chi connectivity index (χ1v) is 7.76. The van der Waals surface area contributed by atoms with E-state index in [0.717, 1.165) is 30.3 Å².